The zero-order valence-electron chi connectivity index (χ0n) is 17.8. The summed E-state index contributed by atoms with van der Waals surface area (Å²) < 4.78 is 10.7. The van der Waals surface area contributed by atoms with E-state index >= 15 is 0 Å². The summed E-state index contributed by atoms with van der Waals surface area (Å²) in [5.41, 5.74) is 3.52. The lowest BCUT2D eigenvalue weighted by molar-refractivity contribution is -0.124. The zero-order chi connectivity index (χ0) is 22.5. The van der Waals surface area contributed by atoms with E-state index in [2.05, 4.69) is 15.3 Å². The fourth-order valence-electron chi connectivity index (χ4n) is 2.96. The summed E-state index contributed by atoms with van der Waals surface area (Å²) in [6.45, 7) is 5.64. The molecule has 7 nitrogen and oxygen atoms in total. The molecule has 2 N–H and O–H groups in total. The van der Waals surface area contributed by atoms with Crippen molar-refractivity contribution in [2.75, 3.05) is 12.4 Å². The molecular formula is C23H24ClN3O4. The SMILES string of the molecule is CCC(OC(=O)c1ccc(-c2nc(C)c(C)[nH]2)cc1)C(=O)Nc1cc(Cl)ccc1OC. The Balaban J connectivity index is 1.69. The normalized spacial score (nSPS) is 11.6. The lowest BCUT2D eigenvalue weighted by atomic mass is 10.1. The number of aromatic nitrogens is 2. The summed E-state index contributed by atoms with van der Waals surface area (Å²) in [6.07, 6.45) is -0.657. The number of esters is 1. The van der Waals surface area contributed by atoms with Crippen LogP contribution in [0.5, 0.6) is 5.75 Å². The van der Waals surface area contributed by atoms with Gasteiger partial charge in [0.15, 0.2) is 6.10 Å². The van der Waals surface area contributed by atoms with Gasteiger partial charge >= 0.3 is 5.97 Å². The average Bonchev–Trinajstić information content (AvgIpc) is 3.10. The molecule has 162 valence electrons. The van der Waals surface area contributed by atoms with Gasteiger partial charge in [-0.05, 0) is 50.6 Å². The Bertz CT molecular complexity index is 1070. The number of amides is 1. The number of nitrogens with zero attached hydrogens (tertiary/aromatic N) is 1. The monoisotopic (exact) mass is 441 g/mol. The first kappa shape index (κ1) is 22.4. The van der Waals surface area contributed by atoms with Crippen molar-refractivity contribution in [1.82, 2.24) is 9.97 Å². The molecule has 1 aromatic heterocycles. The predicted molar refractivity (Wildman–Crippen MR) is 120 cm³/mol. The minimum atomic E-state index is -0.966. The quantitative estimate of drug-likeness (QED) is 0.507. The first-order valence-corrected chi connectivity index (χ1v) is 10.2. The number of rotatable bonds is 7. The van der Waals surface area contributed by atoms with Gasteiger partial charge in [0.2, 0.25) is 0 Å². The van der Waals surface area contributed by atoms with Crippen LogP contribution < -0.4 is 10.1 Å². The number of aromatic amines is 1. The van der Waals surface area contributed by atoms with E-state index in [9.17, 15) is 9.59 Å². The van der Waals surface area contributed by atoms with Crippen LogP contribution in [0.2, 0.25) is 5.02 Å². The van der Waals surface area contributed by atoms with Crippen molar-refractivity contribution in [2.45, 2.75) is 33.3 Å². The van der Waals surface area contributed by atoms with Crippen LogP contribution in [0.15, 0.2) is 42.5 Å². The topological polar surface area (TPSA) is 93.3 Å². The lowest BCUT2D eigenvalue weighted by Crippen LogP contribution is -2.32. The lowest BCUT2D eigenvalue weighted by Gasteiger charge is -2.17. The zero-order valence-corrected chi connectivity index (χ0v) is 18.5. The van der Waals surface area contributed by atoms with Crippen LogP contribution >= 0.6 is 11.6 Å². The maximum absolute atomic E-state index is 12.7. The number of hydrogen-bond acceptors (Lipinski definition) is 5. The van der Waals surface area contributed by atoms with E-state index in [0.29, 0.717) is 28.4 Å². The van der Waals surface area contributed by atoms with Crippen LogP contribution in [0.3, 0.4) is 0 Å². The van der Waals surface area contributed by atoms with Crippen LogP contribution in [-0.2, 0) is 9.53 Å². The third-order valence-electron chi connectivity index (χ3n) is 4.85. The number of carbonyl (C=O) groups excluding carboxylic acids is 2. The van der Waals surface area contributed by atoms with Crippen molar-refractivity contribution in [1.29, 1.82) is 0 Å². The standard InChI is InChI=1S/C23H24ClN3O4/c1-5-19(22(28)27-18-12-17(24)10-11-20(18)30-4)31-23(29)16-8-6-15(7-9-16)21-25-13(2)14(3)26-21/h6-12,19H,5H2,1-4H3,(H,25,26)(H,27,28). The second kappa shape index (κ2) is 9.66. The van der Waals surface area contributed by atoms with Gasteiger partial charge in [-0.15, -0.1) is 0 Å². The summed E-state index contributed by atoms with van der Waals surface area (Å²) in [6, 6.07) is 11.7. The van der Waals surface area contributed by atoms with E-state index in [1.165, 1.54) is 7.11 Å². The highest BCUT2D eigenvalue weighted by molar-refractivity contribution is 6.31. The van der Waals surface area contributed by atoms with Gasteiger partial charge in [0.25, 0.3) is 5.91 Å². The second-order valence-corrected chi connectivity index (χ2v) is 7.45. The number of hydrogen-bond donors (Lipinski definition) is 2. The van der Waals surface area contributed by atoms with Crippen LogP contribution in [0, 0.1) is 13.8 Å². The number of halogens is 1. The highest BCUT2D eigenvalue weighted by Gasteiger charge is 2.23. The molecule has 0 bridgehead atoms. The molecule has 0 saturated heterocycles. The molecule has 3 aromatic rings. The Morgan fingerprint density at radius 1 is 1.16 bits per heavy atom. The molecule has 1 unspecified atom stereocenters. The molecule has 1 amide bonds. The Morgan fingerprint density at radius 2 is 1.87 bits per heavy atom. The number of benzene rings is 2. The summed E-state index contributed by atoms with van der Waals surface area (Å²) >= 11 is 6.00. The van der Waals surface area contributed by atoms with E-state index in [1.54, 1.807) is 49.4 Å². The summed E-state index contributed by atoms with van der Waals surface area (Å²) in [5.74, 6) is 0.141. The number of imidazole rings is 1. The third kappa shape index (κ3) is 5.24. The molecule has 0 aliphatic heterocycles. The number of carbonyl (C=O) groups is 2. The van der Waals surface area contributed by atoms with Gasteiger partial charge in [0, 0.05) is 16.3 Å². The third-order valence-corrected chi connectivity index (χ3v) is 5.09. The molecule has 3 rings (SSSR count). The predicted octanol–water partition coefficient (Wildman–Crippen LogP) is 4.93. The van der Waals surface area contributed by atoms with E-state index < -0.39 is 18.0 Å². The minimum absolute atomic E-state index is 0.309. The van der Waals surface area contributed by atoms with Crippen LogP contribution in [0.1, 0.15) is 35.1 Å². The Morgan fingerprint density at radius 3 is 2.45 bits per heavy atom. The highest BCUT2D eigenvalue weighted by Crippen LogP contribution is 2.28. The number of methoxy groups -OCH3 is 1. The fraction of sp³-hybridized carbons (Fsp3) is 0.261. The molecule has 8 heteroatoms. The molecule has 31 heavy (non-hydrogen) atoms. The molecule has 2 aromatic carbocycles. The van der Waals surface area contributed by atoms with Crippen molar-refractivity contribution >= 4 is 29.2 Å². The first-order valence-electron chi connectivity index (χ1n) is 9.81. The molecule has 0 spiro atoms. The maximum Gasteiger partial charge on any atom is 0.338 e. The smallest absolute Gasteiger partial charge is 0.338 e. The van der Waals surface area contributed by atoms with Gasteiger partial charge in [-0.2, -0.15) is 0 Å². The van der Waals surface area contributed by atoms with Gasteiger partial charge in [-0.3, -0.25) is 4.79 Å². The molecule has 0 aliphatic rings. The molecule has 0 saturated carbocycles. The van der Waals surface area contributed by atoms with E-state index in [1.807, 2.05) is 13.8 Å². The van der Waals surface area contributed by atoms with Gasteiger partial charge in [0.1, 0.15) is 11.6 Å². The number of nitrogens with one attached hydrogen (secondary N) is 2. The summed E-state index contributed by atoms with van der Waals surface area (Å²) in [7, 11) is 1.49. The molecule has 0 aliphatic carbocycles. The second-order valence-electron chi connectivity index (χ2n) is 7.01. The number of anilines is 1. The summed E-state index contributed by atoms with van der Waals surface area (Å²) in [4.78, 5) is 32.9. The first-order chi connectivity index (χ1) is 14.8. The van der Waals surface area contributed by atoms with Crippen molar-refractivity contribution < 1.29 is 19.1 Å². The van der Waals surface area contributed by atoms with Gasteiger partial charge < -0.3 is 19.8 Å². The minimum Gasteiger partial charge on any atom is -0.495 e. The van der Waals surface area contributed by atoms with Crippen molar-refractivity contribution in [2.24, 2.45) is 0 Å². The molecule has 1 heterocycles. The van der Waals surface area contributed by atoms with Crippen molar-refractivity contribution in [3.05, 3.63) is 64.4 Å². The highest BCUT2D eigenvalue weighted by atomic mass is 35.5. The fourth-order valence-corrected chi connectivity index (χ4v) is 3.13. The van der Waals surface area contributed by atoms with Crippen LogP contribution in [0.25, 0.3) is 11.4 Å². The largest absolute Gasteiger partial charge is 0.495 e. The van der Waals surface area contributed by atoms with Gasteiger partial charge in [-0.25, -0.2) is 9.78 Å². The van der Waals surface area contributed by atoms with Crippen LogP contribution in [-0.4, -0.2) is 35.1 Å². The van der Waals surface area contributed by atoms with Crippen molar-refractivity contribution in [3.8, 4) is 17.1 Å². The van der Waals surface area contributed by atoms with Crippen molar-refractivity contribution in [3.63, 3.8) is 0 Å². The number of ether oxygens (including phenoxy) is 2. The molecule has 0 fully saturated rings. The Labute approximate surface area is 185 Å². The summed E-state index contributed by atoms with van der Waals surface area (Å²) in [5, 5.41) is 3.16. The molecule has 0 radical (unpaired) electrons. The molecule has 1 atom stereocenters. The maximum atomic E-state index is 12.7. The molecular weight excluding hydrogens is 418 g/mol. The van der Waals surface area contributed by atoms with Crippen LogP contribution in [0.4, 0.5) is 5.69 Å². The van der Waals surface area contributed by atoms with E-state index in [4.69, 9.17) is 21.1 Å². The van der Waals surface area contributed by atoms with Gasteiger partial charge in [-0.1, -0.05) is 30.7 Å². The average molecular weight is 442 g/mol. The Kier molecular flexibility index (Phi) is 6.97. The number of H-pyrrole nitrogens is 1. The van der Waals surface area contributed by atoms with E-state index in [-0.39, 0.29) is 0 Å². The van der Waals surface area contributed by atoms with Gasteiger partial charge in [0.05, 0.1) is 24.1 Å². The van der Waals surface area contributed by atoms with E-state index in [0.717, 1.165) is 22.8 Å². The number of aryl methyl sites for hydroxylation is 2. The Hall–Kier alpha value is -3.32.